The summed E-state index contributed by atoms with van der Waals surface area (Å²) in [6.07, 6.45) is 1.23. The lowest BCUT2D eigenvalue weighted by atomic mass is 10.0. The highest BCUT2D eigenvalue weighted by molar-refractivity contribution is 9.10. The van der Waals surface area contributed by atoms with E-state index in [1.807, 2.05) is 0 Å². The van der Waals surface area contributed by atoms with Gasteiger partial charge in [-0.3, -0.25) is 14.9 Å². The summed E-state index contributed by atoms with van der Waals surface area (Å²) in [5, 5.41) is 34.6. The average Bonchev–Trinajstić information content (AvgIpc) is 2.66. The second-order valence-electron chi connectivity index (χ2n) is 5.48. The van der Waals surface area contributed by atoms with E-state index in [1.165, 1.54) is 31.3 Å². The maximum Gasteiger partial charge on any atom is 0.310 e. The fourth-order valence-corrected chi connectivity index (χ4v) is 2.70. The first-order chi connectivity index (χ1) is 12.7. The van der Waals surface area contributed by atoms with Crippen LogP contribution >= 0.6 is 15.9 Å². The number of aromatic hydroxyl groups is 2. The molecule has 0 aliphatic heterocycles. The molecule has 2 aromatic carbocycles. The largest absolute Gasteiger partial charge is 0.507 e. The number of hydrazone groups is 1. The molecular weight excluding hydrogens is 422 g/mol. The van der Waals surface area contributed by atoms with Gasteiger partial charge in [0.1, 0.15) is 11.5 Å². The topological polar surface area (TPSA) is 134 Å². The third-order valence-corrected chi connectivity index (χ3v) is 4.68. The highest BCUT2D eigenvalue weighted by Gasteiger charge is 2.17. The first kappa shape index (κ1) is 20.2. The SMILES string of the molecule is Cc1c(O)c(Br)c(C)c(/C=N/NC(=O)COc2ccccc2[N+](=O)[O-])c1O. The molecule has 0 fully saturated rings. The molecule has 10 heteroatoms. The molecular formula is C17H16BrN3O6. The Kier molecular flexibility index (Phi) is 6.35. The van der Waals surface area contributed by atoms with Gasteiger partial charge in [0.05, 0.1) is 15.6 Å². The molecule has 0 saturated heterocycles. The second kappa shape index (κ2) is 8.49. The zero-order valence-corrected chi connectivity index (χ0v) is 16.0. The van der Waals surface area contributed by atoms with Crippen molar-refractivity contribution in [2.45, 2.75) is 13.8 Å². The number of rotatable bonds is 6. The Morgan fingerprint density at radius 1 is 1.30 bits per heavy atom. The molecule has 2 rings (SSSR count). The van der Waals surface area contributed by atoms with Crippen LogP contribution in [-0.2, 0) is 4.79 Å². The van der Waals surface area contributed by atoms with Crippen LogP contribution in [0.1, 0.15) is 16.7 Å². The molecule has 2 aromatic rings. The molecule has 0 saturated carbocycles. The van der Waals surface area contributed by atoms with Crippen molar-refractivity contribution in [2.75, 3.05) is 6.61 Å². The number of nitro benzene ring substituents is 1. The van der Waals surface area contributed by atoms with Crippen molar-refractivity contribution in [3.8, 4) is 17.2 Å². The van der Waals surface area contributed by atoms with Crippen molar-refractivity contribution < 1.29 is 24.7 Å². The number of nitrogens with zero attached hydrogens (tertiary/aromatic N) is 2. The van der Waals surface area contributed by atoms with E-state index in [9.17, 15) is 25.1 Å². The predicted molar refractivity (Wildman–Crippen MR) is 101 cm³/mol. The number of amides is 1. The number of ether oxygens (including phenoxy) is 1. The van der Waals surface area contributed by atoms with Gasteiger partial charge in [0.2, 0.25) is 0 Å². The molecule has 27 heavy (non-hydrogen) atoms. The number of carbonyl (C=O) groups excluding carboxylic acids is 1. The monoisotopic (exact) mass is 437 g/mol. The fraction of sp³-hybridized carbons (Fsp3) is 0.176. The Morgan fingerprint density at radius 3 is 2.63 bits per heavy atom. The first-order valence-corrected chi connectivity index (χ1v) is 8.42. The molecule has 0 heterocycles. The maximum absolute atomic E-state index is 11.8. The summed E-state index contributed by atoms with van der Waals surface area (Å²) in [5.74, 6) is -0.921. The van der Waals surface area contributed by atoms with Crippen LogP contribution in [0.4, 0.5) is 5.69 Å². The molecule has 3 N–H and O–H groups in total. The second-order valence-corrected chi connectivity index (χ2v) is 6.27. The van der Waals surface area contributed by atoms with Gasteiger partial charge in [-0.15, -0.1) is 0 Å². The average molecular weight is 438 g/mol. The number of hydrogen-bond donors (Lipinski definition) is 3. The zero-order chi connectivity index (χ0) is 20.1. The molecule has 0 bridgehead atoms. The van der Waals surface area contributed by atoms with Crippen molar-refractivity contribution in [2.24, 2.45) is 5.10 Å². The van der Waals surface area contributed by atoms with Gasteiger partial charge in [-0.25, -0.2) is 5.43 Å². The Hall–Kier alpha value is -3.14. The summed E-state index contributed by atoms with van der Waals surface area (Å²) in [5.41, 5.74) is 3.07. The highest BCUT2D eigenvalue weighted by atomic mass is 79.9. The van der Waals surface area contributed by atoms with E-state index in [2.05, 4.69) is 26.5 Å². The zero-order valence-electron chi connectivity index (χ0n) is 14.4. The minimum absolute atomic E-state index is 0.0341. The number of benzene rings is 2. The smallest absolute Gasteiger partial charge is 0.310 e. The maximum atomic E-state index is 11.8. The van der Waals surface area contributed by atoms with Crippen LogP contribution in [0.5, 0.6) is 17.2 Å². The molecule has 0 aliphatic carbocycles. The summed E-state index contributed by atoms with van der Waals surface area (Å²) < 4.78 is 5.55. The molecule has 0 atom stereocenters. The summed E-state index contributed by atoms with van der Waals surface area (Å²) >= 11 is 3.22. The minimum atomic E-state index is -0.642. The quantitative estimate of drug-likeness (QED) is 0.361. The molecule has 1 amide bonds. The third-order valence-electron chi connectivity index (χ3n) is 3.71. The number of hydrogen-bond acceptors (Lipinski definition) is 7. The van der Waals surface area contributed by atoms with Crippen molar-refractivity contribution in [1.82, 2.24) is 5.43 Å². The van der Waals surface area contributed by atoms with Crippen molar-refractivity contribution in [1.29, 1.82) is 0 Å². The molecule has 0 aromatic heterocycles. The van der Waals surface area contributed by atoms with Gasteiger partial charge >= 0.3 is 5.69 Å². The van der Waals surface area contributed by atoms with Crippen LogP contribution in [0.2, 0.25) is 0 Å². The number of para-hydroxylation sites is 2. The Morgan fingerprint density at radius 2 is 1.96 bits per heavy atom. The molecule has 9 nitrogen and oxygen atoms in total. The summed E-state index contributed by atoms with van der Waals surface area (Å²) in [6.45, 7) is 2.71. The van der Waals surface area contributed by atoms with Crippen LogP contribution in [0.3, 0.4) is 0 Å². The Labute approximate surface area is 162 Å². The number of phenols is 2. The van der Waals surface area contributed by atoms with Gasteiger partial charge in [0.15, 0.2) is 12.4 Å². The van der Waals surface area contributed by atoms with E-state index in [0.717, 1.165) is 0 Å². The van der Waals surface area contributed by atoms with Gasteiger partial charge < -0.3 is 14.9 Å². The Balaban J connectivity index is 2.04. The number of carbonyl (C=O) groups is 1. The summed E-state index contributed by atoms with van der Waals surface area (Å²) in [7, 11) is 0. The number of halogens is 1. The van der Waals surface area contributed by atoms with Crippen molar-refractivity contribution >= 4 is 33.7 Å². The van der Waals surface area contributed by atoms with Crippen molar-refractivity contribution in [3.05, 3.63) is 55.5 Å². The van der Waals surface area contributed by atoms with E-state index in [1.54, 1.807) is 13.0 Å². The van der Waals surface area contributed by atoms with Crippen LogP contribution < -0.4 is 10.2 Å². The standard InChI is InChI=1S/C17H16BrN3O6/c1-9-11(16(23)10(2)17(24)15(9)18)7-19-20-14(22)8-27-13-6-4-3-5-12(13)21(25)26/h3-7,23-24H,8H2,1-2H3,(H,20,22)/b19-7+. The minimum Gasteiger partial charge on any atom is -0.507 e. The van der Waals surface area contributed by atoms with Gasteiger partial charge in [-0.05, 0) is 41.4 Å². The Bertz CT molecular complexity index is 900. The van der Waals surface area contributed by atoms with Gasteiger partial charge in [0.25, 0.3) is 5.91 Å². The first-order valence-electron chi connectivity index (χ1n) is 7.62. The highest BCUT2D eigenvalue weighted by Crippen LogP contribution is 2.39. The molecule has 0 spiro atoms. The molecule has 0 unspecified atom stereocenters. The summed E-state index contributed by atoms with van der Waals surface area (Å²) in [4.78, 5) is 22.1. The van der Waals surface area contributed by atoms with Crippen molar-refractivity contribution in [3.63, 3.8) is 0 Å². The van der Waals surface area contributed by atoms with Gasteiger partial charge in [0, 0.05) is 17.2 Å². The van der Waals surface area contributed by atoms with E-state index in [0.29, 0.717) is 15.6 Å². The third kappa shape index (κ3) is 4.53. The van der Waals surface area contributed by atoms with Gasteiger partial charge in [-0.1, -0.05) is 12.1 Å². The molecule has 0 aliphatic rings. The molecule has 142 valence electrons. The van der Waals surface area contributed by atoms with Gasteiger partial charge in [-0.2, -0.15) is 5.10 Å². The predicted octanol–water partition coefficient (Wildman–Crippen LogP) is 2.91. The number of nitrogens with one attached hydrogen (secondary N) is 1. The number of phenolic OH excluding ortho intramolecular Hbond substituents is 2. The lowest BCUT2D eigenvalue weighted by Gasteiger charge is -2.12. The fourth-order valence-electron chi connectivity index (χ4n) is 2.18. The van der Waals surface area contributed by atoms with E-state index in [-0.39, 0.29) is 28.5 Å². The van der Waals surface area contributed by atoms with Crippen LogP contribution in [0, 0.1) is 24.0 Å². The van der Waals surface area contributed by atoms with Crippen LogP contribution in [0.15, 0.2) is 33.8 Å². The van der Waals surface area contributed by atoms with E-state index >= 15 is 0 Å². The van der Waals surface area contributed by atoms with E-state index in [4.69, 9.17) is 4.74 Å². The summed E-state index contributed by atoms with van der Waals surface area (Å²) in [6, 6.07) is 5.69. The molecule has 0 radical (unpaired) electrons. The van der Waals surface area contributed by atoms with Crippen LogP contribution in [-0.4, -0.2) is 33.9 Å². The van der Waals surface area contributed by atoms with Crippen LogP contribution in [0.25, 0.3) is 0 Å². The lowest BCUT2D eigenvalue weighted by molar-refractivity contribution is -0.385. The number of nitro groups is 1. The normalized spacial score (nSPS) is 10.8. The lowest BCUT2D eigenvalue weighted by Crippen LogP contribution is -2.24. The van der Waals surface area contributed by atoms with E-state index < -0.39 is 17.4 Å².